The standard InChI is InChI=1S/2C18H24FN3O.2C17H22FN3O.C16H20FN3/c1-3-8-21(2)11-16-9-20-22(10-14-12-23-13-14)18(16)15-4-6-17(19)7-5-15;1-3-8-21(2)10-16-11-22(9-14-12-23-13-14)20-18(16)15-4-6-17(19)7-5-15;1-3-8-20(2)9-14-10-21(16-11-22-12-16)19-17(14)13-4-6-15(18)7-5-13;1-3-8-20(2)10-14-9-19-21(16-11-22-12-16)17(14)13-4-6-15(18)7-5-13;1-2-9-20(15-7-8-15)11-13-10-18-19-16(13)12-3-5-14(17)6-4-12/h4-7,9,14H,3,8,10-13H2,1-2H3;4-7,11,14H,3,8-10,12-13H2,1-2H3;4-7,10,16H,3,8-9,11-12H2,1-2H3;4-7,9,16H,3,8,10-12H2,1-2H3;3-6,10,15H,2,7-9,11H2,1H3,(H,18,19). The van der Waals surface area contributed by atoms with E-state index in [-0.39, 0.29) is 35.1 Å². The van der Waals surface area contributed by atoms with Gasteiger partial charge in [0.15, 0.2) is 0 Å². The molecule has 0 radical (unpaired) electrons. The van der Waals surface area contributed by atoms with Crippen molar-refractivity contribution in [2.45, 2.75) is 144 Å². The Balaban J connectivity index is 0.000000136. The van der Waals surface area contributed by atoms with Crippen molar-refractivity contribution in [2.24, 2.45) is 11.8 Å². The number of halogens is 5. The van der Waals surface area contributed by atoms with Crippen molar-refractivity contribution in [1.29, 1.82) is 0 Å². The van der Waals surface area contributed by atoms with Gasteiger partial charge in [-0.15, -0.1) is 0 Å². The molecule has 10 aromatic rings. The summed E-state index contributed by atoms with van der Waals surface area (Å²) >= 11 is 0. The van der Waals surface area contributed by atoms with Gasteiger partial charge in [-0.1, -0.05) is 34.6 Å². The maximum absolute atomic E-state index is 13.3. The second kappa shape index (κ2) is 41.1. The fourth-order valence-electron chi connectivity index (χ4n) is 14.1. The number of nitrogens with zero attached hydrogens (tertiary/aromatic N) is 14. The van der Waals surface area contributed by atoms with E-state index < -0.39 is 0 Å². The molecule has 0 unspecified atom stereocenters. The molecule has 4 saturated heterocycles. The summed E-state index contributed by atoms with van der Waals surface area (Å²) in [7, 11) is 8.47. The molecule has 9 heterocycles. The lowest BCUT2D eigenvalue weighted by Gasteiger charge is -2.28. The van der Waals surface area contributed by atoms with Crippen molar-refractivity contribution in [3.63, 3.8) is 0 Å². The van der Waals surface area contributed by atoms with E-state index in [1.165, 1.54) is 108 Å². The fraction of sp³-hybridized carbons (Fsp3) is 0.477. The summed E-state index contributed by atoms with van der Waals surface area (Å²) in [4.78, 5) is 11.7. The van der Waals surface area contributed by atoms with Gasteiger partial charge in [0.1, 0.15) is 29.1 Å². The number of hydrogen-bond donors (Lipinski definition) is 1. The minimum atomic E-state index is -0.222. The van der Waals surface area contributed by atoms with Crippen LogP contribution in [0.5, 0.6) is 0 Å². The third-order valence-electron chi connectivity index (χ3n) is 20.1. The highest BCUT2D eigenvalue weighted by Crippen LogP contribution is 2.35. The topological polar surface area (TPSA) is 153 Å². The first-order chi connectivity index (χ1) is 53.5. The van der Waals surface area contributed by atoms with Gasteiger partial charge < -0.3 is 38.5 Å². The second-order valence-electron chi connectivity index (χ2n) is 30.0. The number of rotatable bonds is 32. The summed E-state index contributed by atoms with van der Waals surface area (Å²) < 4.78 is 95.0. The molecule has 15 rings (SSSR count). The minimum Gasteiger partial charge on any atom is -0.381 e. The average Bonchev–Trinajstić information content (AvgIpc) is 1.66. The van der Waals surface area contributed by atoms with Crippen LogP contribution in [0.15, 0.2) is 152 Å². The first-order valence-corrected chi connectivity index (χ1v) is 39.3. The van der Waals surface area contributed by atoms with E-state index in [1.807, 2.05) is 56.9 Å². The third-order valence-corrected chi connectivity index (χ3v) is 20.1. The van der Waals surface area contributed by atoms with Crippen LogP contribution < -0.4 is 0 Å². The molecule has 0 bridgehead atoms. The van der Waals surface area contributed by atoms with Gasteiger partial charge in [-0.05, 0) is 227 Å². The van der Waals surface area contributed by atoms with Crippen LogP contribution in [0.2, 0.25) is 0 Å². The zero-order valence-corrected chi connectivity index (χ0v) is 65.7. The molecule has 1 saturated carbocycles. The van der Waals surface area contributed by atoms with Crippen LogP contribution in [0.25, 0.3) is 56.3 Å². The van der Waals surface area contributed by atoms with Gasteiger partial charge in [0, 0.05) is 132 Å². The van der Waals surface area contributed by atoms with E-state index >= 15 is 0 Å². The van der Waals surface area contributed by atoms with E-state index in [1.54, 1.807) is 36.4 Å². The Bertz CT molecular complexity index is 4330. The Morgan fingerprint density at radius 2 is 0.800 bits per heavy atom. The van der Waals surface area contributed by atoms with Crippen molar-refractivity contribution in [1.82, 2.24) is 73.8 Å². The van der Waals surface area contributed by atoms with Crippen molar-refractivity contribution in [2.75, 3.05) is 114 Å². The Labute approximate surface area is 646 Å². The predicted octanol–water partition coefficient (Wildman–Crippen LogP) is 16.1. The van der Waals surface area contributed by atoms with Crippen LogP contribution in [0, 0.1) is 40.9 Å². The average molecular weight is 1510 g/mol. The van der Waals surface area contributed by atoms with Gasteiger partial charge in [0.25, 0.3) is 0 Å². The highest BCUT2D eigenvalue weighted by molar-refractivity contribution is 5.66. The lowest BCUT2D eigenvalue weighted by Crippen LogP contribution is -2.32. The van der Waals surface area contributed by atoms with Gasteiger partial charge >= 0.3 is 0 Å². The number of benzene rings is 5. The first-order valence-electron chi connectivity index (χ1n) is 39.3. The Morgan fingerprint density at radius 3 is 1.24 bits per heavy atom. The largest absolute Gasteiger partial charge is 0.381 e. The quantitative estimate of drug-likeness (QED) is 0.0398. The van der Waals surface area contributed by atoms with Crippen molar-refractivity contribution >= 4 is 0 Å². The van der Waals surface area contributed by atoms with Gasteiger partial charge in [-0.2, -0.15) is 25.5 Å². The highest BCUT2D eigenvalue weighted by Gasteiger charge is 2.31. The molecule has 5 fully saturated rings. The van der Waals surface area contributed by atoms with Crippen LogP contribution in [-0.2, 0) is 64.8 Å². The summed E-state index contributed by atoms with van der Waals surface area (Å²) in [5.41, 5.74) is 15.9. The number of hydrogen-bond acceptors (Lipinski definition) is 14. The predicted molar refractivity (Wildman–Crippen MR) is 423 cm³/mol. The van der Waals surface area contributed by atoms with Crippen molar-refractivity contribution < 1.29 is 40.9 Å². The monoisotopic (exact) mass is 1510 g/mol. The summed E-state index contributed by atoms with van der Waals surface area (Å²) in [6.07, 6.45) is 18.3. The number of nitrogens with one attached hydrogen (secondary N) is 1. The first kappa shape index (κ1) is 82.4. The lowest BCUT2D eigenvalue weighted by atomic mass is 10.1. The van der Waals surface area contributed by atoms with E-state index in [4.69, 9.17) is 29.1 Å². The SMILES string of the molecule is CCCN(C)Cc1cn(C2COC2)nc1-c1ccc(F)cc1.CCCN(C)Cc1cn(CC2COC2)nc1-c1ccc(F)cc1.CCCN(C)Cc1cnn(C2COC2)c1-c1ccc(F)cc1.CCCN(C)Cc1cnn(CC2COC2)c1-c1ccc(F)cc1.CCCN(Cc1cn[nH]c1-c1ccc(F)cc1)C1CC1. The van der Waals surface area contributed by atoms with Crippen LogP contribution in [0.3, 0.4) is 0 Å². The van der Waals surface area contributed by atoms with Gasteiger partial charge in [-0.3, -0.25) is 28.7 Å². The molecular formula is C86H112F5N15O4. The summed E-state index contributed by atoms with van der Waals surface area (Å²) in [6.45, 7) is 28.3. The Hall–Kier alpha value is -8.56. The normalized spacial score (nSPS) is 15.2. The summed E-state index contributed by atoms with van der Waals surface area (Å²) in [5, 5.41) is 25.9. The zero-order valence-electron chi connectivity index (χ0n) is 65.7. The maximum atomic E-state index is 13.3. The van der Waals surface area contributed by atoms with Gasteiger partial charge in [-0.25, -0.2) is 22.0 Å². The minimum absolute atomic E-state index is 0.208. The molecule has 1 N–H and O–H groups in total. The van der Waals surface area contributed by atoms with Crippen LogP contribution in [0.4, 0.5) is 22.0 Å². The second-order valence-corrected chi connectivity index (χ2v) is 30.0. The summed E-state index contributed by atoms with van der Waals surface area (Å²) in [6, 6.07) is 34.4. The van der Waals surface area contributed by atoms with E-state index in [0.29, 0.717) is 31.1 Å². The molecule has 1 aliphatic carbocycles. The molecule has 590 valence electrons. The number of aromatic nitrogens is 10. The fourth-order valence-corrected chi connectivity index (χ4v) is 14.1. The van der Waals surface area contributed by atoms with Crippen LogP contribution in [0.1, 0.15) is 119 Å². The number of H-pyrrole nitrogens is 1. The van der Waals surface area contributed by atoms with Crippen LogP contribution >= 0.6 is 0 Å². The third kappa shape index (κ3) is 23.3. The molecule has 24 heteroatoms. The Morgan fingerprint density at radius 1 is 0.400 bits per heavy atom. The molecule has 0 spiro atoms. The molecule has 5 aliphatic rings. The Kier molecular flexibility index (Phi) is 30.8. The molecule has 0 amide bonds. The van der Waals surface area contributed by atoms with Gasteiger partial charge in [0.2, 0.25) is 0 Å². The van der Waals surface area contributed by atoms with Gasteiger partial charge in [0.05, 0.1) is 112 Å². The molecule has 5 aromatic heterocycles. The lowest BCUT2D eigenvalue weighted by molar-refractivity contribution is -0.0408. The van der Waals surface area contributed by atoms with E-state index in [2.05, 4.69) is 125 Å². The highest BCUT2D eigenvalue weighted by atomic mass is 19.1. The molecule has 19 nitrogen and oxygen atoms in total. The molecule has 4 aliphatic heterocycles. The summed E-state index contributed by atoms with van der Waals surface area (Å²) in [5.74, 6) is 0.000828. The molecular weight excluding hydrogens is 1400 g/mol. The molecule has 0 atom stereocenters. The van der Waals surface area contributed by atoms with Crippen molar-refractivity contribution in [3.8, 4) is 56.3 Å². The molecule has 110 heavy (non-hydrogen) atoms. The van der Waals surface area contributed by atoms with Crippen LogP contribution in [-0.4, -0.2) is 194 Å². The van der Waals surface area contributed by atoms with E-state index in [9.17, 15) is 22.0 Å². The maximum Gasteiger partial charge on any atom is 0.123 e. The molecule has 5 aromatic carbocycles. The van der Waals surface area contributed by atoms with Crippen molar-refractivity contribution in [3.05, 3.63) is 209 Å². The van der Waals surface area contributed by atoms with E-state index in [0.717, 1.165) is 206 Å². The zero-order chi connectivity index (χ0) is 77.5. The number of ether oxygens (including phenoxy) is 4. The smallest absolute Gasteiger partial charge is 0.123 e. The number of aromatic amines is 1.